The first-order valence-corrected chi connectivity index (χ1v) is 11.0. The van der Waals surface area contributed by atoms with E-state index in [0.29, 0.717) is 17.7 Å². The molecule has 172 valence electrons. The fraction of sp³-hybridized carbons (Fsp3) is 0.192. The van der Waals surface area contributed by atoms with Crippen LogP contribution in [0.25, 0.3) is 22.1 Å². The smallest absolute Gasteiger partial charge is 0.331 e. The third-order valence-corrected chi connectivity index (χ3v) is 6.33. The van der Waals surface area contributed by atoms with Crippen molar-refractivity contribution in [3.63, 3.8) is 0 Å². The van der Waals surface area contributed by atoms with Crippen molar-refractivity contribution in [1.82, 2.24) is 18.7 Å². The minimum atomic E-state index is -1.00. The van der Waals surface area contributed by atoms with Crippen LogP contribution < -0.4 is 11.4 Å². The molecule has 3 heterocycles. The highest BCUT2D eigenvalue weighted by atomic mass is 16.4. The lowest BCUT2D eigenvalue weighted by molar-refractivity contribution is -0.137. The number of benzene rings is 2. The molecular weight excluding hydrogens is 430 g/mol. The number of aromatic nitrogens is 4. The molecule has 34 heavy (non-hydrogen) atoms. The Morgan fingerprint density at radius 2 is 1.82 bits per heavy atom. The quantitative estimate of drug-likeness (QED) is 0.406. The molecule has 0 radical (unpaired) electrons. The lowest BCUT2D eigenvalue weighted by Gasteiger charge is -2.17. The number of fused-ring (bicyclic) bond motifs is 2. The van der Waals surface area contributed by atoms with Crippen LogP contribution in [0.2, 0.25) is 0 Å². The number of aryl methyl sites for hydroxylation is 2. The van der Waals surface area contributed by atoms with Crippen LogP contribution in [-0.4, -0.2) is 29.8 Å². The normalized spacial score (nSPS) is 12.4. The zero-order valence-corrected chi connectivity index (χ0v) is 19.0. The first kappa shape index (κ1) is 21.5. The maximum Gasteiger partial charge on any atom is 0.331 e. The molecular formula is C26H25N5O3. The molecule has 5 aromatic rings. The summed E-state index contributed by atoms with van der Waals surface area (Å²) in [5, 5.41) is 10.8. The molecule has 0 spiro atoms. The summed E-state index contributed by atoms with van der Waals surface area (Å²) in [6.07, 6.45) is 1.77. The third kappa shape index (κ3) is 3.53. The minimum absolute atomic E-state index is 0.257. The maximum absolute atomic E-state index is 13.9. The number of carbonyl (C=O) groups is 1. The van der Waals surface area contributed by atoms with Crippen LogP contribution in [0.4, 0.5) is 5.82 Å². The molecule has 0 saturated carbocycles. The van der Waals surface area contributed by atoms with Gasteiger partial charge in [-0.05, 0) is 41.8 Å². The van der Waals surface area contributed by atoms with Gasteiger partial charge in [-0.25, -0.2) is 9.78 Å². The molecule has 2 aromatic carbocycles. The maximum atomic E-state index is 13.9. The van der Waals surface area contributed by atoms with E-state index in [1.165, 1.54) is 4.57 Å². The average molecular weight is 456 g/mol. The summed E-state index contributed by atoms with van der Waals surface area (Å²) in [4.78, 5) is 30.1. The number of rotatable bonds is 6. The van der Waals surface area contributed by atoms with E-state index in [1.807, 2.05) is 49.6 Å². The molecule has 0 aliphatic rings. The number of nitrogens with zero attached hydrogens (tertiary/aromatic N) is 4. The Labute approximate surface area is 195 Å². The number of hydrogen-bond donors (Lipinski definition) is 2. The van der Waals surface area contributed by atoms with E-state index in [4.69, 9.17) is 5.73 Å². The fourth-order valence-corrected chi connectivity index (χ4v) is 4.82. The molecule has 0 aliphatic carbocycles. The van der Waals surface area contributed by atoms with E-state index >= 15 is 0 Å². The summed E-state index contributed by atoms with van der Waals surface area (Å²) in [5.41, 5.74) is 10.6. The monoisotopic (exact) mass is 455 g/mol. The number of anilines is 1. The van der Waals surface area contributed by atoms with Crippen molar-refractivity contribution in [1.29, 1.82) is 0 Å². The van der Waals surface area contributed by atoms with Gasteiger partial charge in [-0.1, -0.05) is 42.5 Å². The van der Waals surface area contributed by atoms with E-state index in [1.54, 1.807) is 16.7 Å². The topological polar surface area (TPSA) is 108 Å². The van der Waals surface area contributed by atoms with Gasteiger partial charge in [-0.15, -0.1) is 0 Å². The molecule has 8 nitrogen and oxygen atoms in total. The van der Waals surface area contributed by atoms with Crippen LogP contribution >= 0.6 is 0 Å². The number of imidazole rings is 1. The van der Waals surface area contributed by atoms with Crippen molar-refractivity contribution >= 4 is 33.9 Å². The molecule has 0 unspecified atom stereocenters. The zero-order valence-electron chi connectivity index (χ0n) is 19.0. The highest BCUT2D eigenvalue weighted by Gasteiger charge is 2.26. The second-order valence-corrected chi connectivity index (χ2v) is 8.58. The molecule has 8 heteroatoms. The number of nitrogen functional groups attached to an aromatic ring is 1. The van der Waals surface area contributed by atoms with E-state index in [9.17, 15) is 14.7 Å². The van der Waals surface area contributed by atoms with Gasteiger partial charge in [0.2, 0.25) is 0 Å². The molecule has 0 fully saturated rings. The lowest BCUT2D eigenvalue weighted by atomic mass is 10.0. The molecule has 0 aliphatic heterocycles. The van der Waals surface area contributed by atoms with E-state index in [-0.39, 0.29) is 17.9 Å². The largest absolute Gasteiger partial charge is 0.481 e. The Bertz CT molecular complexity index is 1590. The Balaban J connectivity index is 1.75. The fourth-order valence-electron chi connectivity index (χ4n) is 4.82. The van der Waals surface area contributed by atoms with E-state index in [2.05, 4.69) is 28.6 Å². The predicted molar refractivity (Wildman–Crippen MR) is 132 cm³/mol. The molecule has 1 atom stereocenters. The van der Waals surface area contributed by atoms with E-state index in [0.717, 1.165) is 27.6 Å². The first-order valence-electron chi connectivity index (χ1n) is 11.0. The summed E-state index contributed by atoms with van der Waals surface area (Å²) < 4.78 is 5.17. The number of aliphatic carboxylic acids is 1. The summed E-state index contributed by atoms with van der Waals surface area (Å²) in [7, 11) is 1.98. The number of pyridine rings is 1. The highest BCUT2D eigenvalue weighted by Crippen LogP contribution is 2.28. The van der Waals surface area contributed by atoms with Crippen LogP contribution in [0.15, 0.2) is 71.7 Å². The summed E-state index contributed by atoms with van der Waals surface area (Å²) >= 11 is 0. The minimum Gasteiger partial charge on any atom is -0.481 e. The Hall–Kier alpha value is -4.33. The van der Waals surface area contributed by atoms with E-state index < -0.39 is 12.0 Å². The molecule has 0 amide bonds. The van der Waals surface area contributed by atoms with Gasteiger partial charge in [0, 0.05) is 24.1 Å². The molecule has 0 saturated heterocycles. The van der Waals surface area contributed by atoms with Gasteiger partial charge in [0.05, 0.1) is 24.5 Å². The Morgan fingerprint density at radius 3 is 2.56 bits per heavy atom. The van der Waals surface area contributed by atoms with Crippen molar-refractivity contribution in [3.05, 3.63) is 94.0 Å². The Morgan fingerprint density at radius 1 is 1.06 bits per heavy atom. The van der Waals surface area contributed by atoms with Crippen LogP contribution in [0.5, 0.6) is 0 Å². The summed E-state index contributed by atoms with van der Waals surface area (Å²) in [6.45, 7) is 2.38. The van der Waals surface area contributed by atoms with Gasteiger partial charge in [0.15, 0.2) is 5.65 Å². The van der Waals surface area contributed by atoms with Gasteiger partial charge in [0.25, 0.3) is 0 Å². The molecule has 3 N–H and O–H groups in total. The first-order chi connectivity index (χ1) is 16.3. The predicted octanol–water partition coefficient (Wildman–Crippen LogP) is 3.69. The van der Waals surface area contributed by atoms with Crippen LogP contribution in [0.3, 0.4) is 0 Å². The molecule has 3 aromatic heterocycles. The second kappa shape index (κ2) is 8.22. The van der Waals surface area contributed by atoms with Crippen molar-refractivity contribution < 1.29 is 9.90 Å². The molecule has 5 rings (SSSR count). The number of carboxylic acid groups (broad SMARTS) is 1. The Kier molecular flexibility index (Phi) is 5.20. The number of nitrogens with two attached hydrogens (primary N) is 1. The third-order valence-electron chi connectivity index (χ3n) is 6.33. The van der Waals surface area contributed by atoms with Crippen molar-refractivity contribution in [2.24, 2.45) is 7.05 Å². The number of carboxylic acids is 1. The van der Waals surface area contributed by atoms with Crippen molar-refractivity contribution in [2.75, 3.05) is 5.73 Å². The summed E-state index contributed by atoms with van der Waals surface area (Å²) in [5.74, 6) is -0.739. The van der Waals surface area contributed by atoms with Crippen LogP contribution in [-0.2, 0) is 18.4 Å². The summed E-state index contributed by atoms with van der Waals surface area (Å²) in [6, 6.07) is 18.0. The highest BCUT2D eigenvalue weighted by molar-refractivity contribution is 5.87. The van der Waals surface area contributed by atoms with Crippen LogP contribution in [0.1, 0.15) is 29.2 Å². The van der Waals surface area contributed by atoms with Crippen LogP contribution in [0, 0.1) is 6.92 Å². The standard InChI is InChI=1S/C26H25N5O3/c1-16-7-6-10-19-24(16)18(14-29(19)2)15-30-20-11-12-22(27)28-25(20)31(26(30)34)21(13-23(32)33)17-8-4-3-5-9-17/h3-12,14,21H,13,15H2,1-2H3,(H2,27,28)(H,32,33)/t21-/m1/s1. The van der Waals surface area contributed by atoms with Crippen molar-refractivity contribution in [3.8, 4) is 0 Å². The lowest BCUT2D eigenvalue weighted by Crippen LogP contribution is -2.29. The van der Waals surface area contributed by atoms with Gasteiger partial charge >= 0.3 is 11.7 Å². The zero-order chi connectivity index (χ0) is 24.0. The number of hydrogen-bond acceptors (Lipinski definition) is 4. The molecule has 0 bridgehead atoms. The SMILES string of the molecule is Cc1cccc2c1c(Cn1c(=O)n([C@H](CC(=O)O)c3ccccc3)c3nc(N)ccc31)cn2C. The average Bonchev–Trinajstić information content (AvgIpc) is 3.27. The van der Waals surface area contributed by atoms with Gasteiger partial charge in [-0.3, -0.25) is 13.9 Å². The van der Waals surface area contributed by atoms with Gasteiger partial charge < -0.3 is 15.4 Å². The van der Waals surface area contributed by atoms with Crippen molar-refractivity contribution in [2.45, 2.75) is 25.9 Å². The second-order valence-electron chi connectivity index (χ2n) is 8.58. The van der Waals surface area contributed by atoms with Gasteiger partial charge in [-0.2, -0.15) is 0 Å². The van der Waals surface area contributed by atoms with Gasteiger partial charge in [0.1, 0.15) is 5.82 Å².